The van der Waals surface area contributed by atoms with Crippen molar-refractivity contribution in [3.8, 4) is 0 Å². The Labute approximate surface area is 158 Å². The predicted octanol–water partition coefficient (Wildman–Crippen LogP) is 1.90. The number of aryl methyl sites for hydroxylation is 2. The van der Waals surface area contributed by atoms with E-state index in [0.717, 1.165) is 30.4 Å². The molecule has 0 spiro atoms. The van der Waals surface area contributed by atoms with Crippen LogP contribution in [0.3, 0.4) is 0 Å². The number of imide groups is 1. The normalized spacial score (nSPS) is 14.3. The Hall–Kier alpha value is -2.90. The van der Waals surface area contributed by atoms with Crippen LogP contribution in [-0.4, -0.2) is 48.4 Å². The Morgan fingerprint density at radius 1 is 1.15 bits per heavy atom. The zero-order chi connectivity index (χ0) is 19.8. The van der Waals surface area contributed by atoms with E-state index in [2.05, 4.69) is 10.6 Å². The fourth-order valence-corrected chi connectivity index (χ4v) is 2.82. The van der Waals surface area contributed by atoms with E-state index in [1.54, 1.807) is 6.07 Å². The number of nitrogens with zero attached hydrogens (tertiary/aromatic N) is 1. The number of esters is 1. The van der Waals surface area contributed by atoms with Gasteiger partial charge in [-0.1, -0.05) is 24.1 Å². The SMILES string of the molecule is Cc1ccc(NC(=O)NC(=O)COC(=O)CN2CCCCCC2=O)c(C)c1. The van der Waals surface area contributed by atoms with Crippen molar-refractivity contribution in [3.63, 3.8) is 0 Å². The lowest BCUT2D eigenvalue weighted by Gasteiger charge is -2.19. The van der Waals surface area contributed by atoms with Gasteiger partial charge in [-0.2, -0.15) is 0 Å². The van der Waals surface area contributed by atoms with Crippen molar-refractivity contribution >= 4 is 29.5 Å². The van der Waals surface area contributed by atoms with Gasteiger partial charge in [0.15, 0.2) is 6.61 Å². The van der Waals surface area contributed by atoms with E-state index in [-0.39, 0.29) is 12.5 Å². The van der Waals surface area contributed by atoms with Crippen molar-refractivity contribution in [2.45, 2.75) is 39.5 Å². The van der Waals surface area contributed by atoms with Crippen LogP contribution in [0.4, 0.5) is 10.5 Å². The molecule has 8 heteroatoms. The predicted molar refractivity (Wildman–Crippen MR) is 99.1 cm³/mol. The van der Waals surface area contributed by atoms with Crippen LogP contribution < -0.4 is 10.6 Å². The first kappa shape index (κ1) is 20.4. The summed E-state index contributed by atoms with van der Waals surface area (Å²) >= 11 is 0. The number of ether oxygens (including phenoxy) is 1. The summed E-state index contributed by atoms with van der Waals surface area (Å²) in [5.41, 5.74) is 2.51. The number of carbonyl (C=O) groups is 4. The summed E-state index contributed by atoms with van der Waals surface area (Å²) in [6.07, 6.45) is 3.04. The summed E-state index contributed by atoms with van der Waals surface area (Å²) in [5, 5.41) is 4.67. The minimum absolute atomic E-state index is 0.0817. The topological polar surface area (TPSA) is 105 Å². The van der Waals surface area contributed by atoms with E-state index in [9.17, 15) is 19.2 Å². The maximum absolute atomic E-state index is 11.9. The third kappa shape index (κ3) is 6.73. The Morgan fingerprint density at radius 3 is 2.67 bits per heavy atom. The molecule has 0 atom stereocenters. The van der Waals surface area contributed by atoms with Crippen molar-refractivity contribution < 1.29 is 23.9 Å². The number of hydrogen-bond acceptors (Lipinski definition) is 5. The number of hydrogen-bond donors (Lipinski definition) is 2. The van der Waals surface area contributed by atoms with Gasteiger partial charge in [0.2, 0.25) is 5.91 Å². The van der Waals surface area contributed by atoms with Crippen LogP contribution in [0.5, 0.6) is 0 Å². The molecule has 1 aromatic rings. The number of nitrogens with one attached hydrogen (secondary N) is 2. The Balaban J connectivity index is 1.73. The van der Waals surface area contributed by atoms with Gasteiger partial charge in [0, 0.05) is 18.7 Å². The average Bonchev–Trinajstić information content (AvgIpc) is 2.80. The van der Waals surface area contributed by atoms with Crippen molar-refractivity contribution in [2.24, 2.45) is 0 Å². The van der Waals surface area contributed by atoms with Crippen LogP contribution in [-0.2, 0) is 19.1 Å². The largest absolute Gasteiger partial charge is 0.454 e. The molecule has 2 N–H and O–H groups in total. The molecule has 27 heavy (non-hydrogen) atoms. The van der Waals surface area contributed by atoms with Crippen LogP contribution in [0.2, 0.25) is 0 Å². The molecule has 0 bridgehead atoms. The Kier molecular flexibility index (Phi) is 7.34. The maximum atomic E-state index is 11.9. The van der Waals surface area contributed by atoms with Crippen LogP contribution in [0.1, 0.15) is 36.8 Å². The molecular weight excluding hydrogens is 350 g/mol. The zero-order valence-electron chi connectivity index (χ0n) is 15.7. The number of rotatable bonds is 5. The summed E-state index contributed by atoms with van der Waals surface area (Å²) in [7, 11) is 0. The highest BCUT2D eigenvalue weighted by molar-refractivity contribution is 6.02. The van der Waals surface area contributed by atoms with Crippen molar-refractivity contribution in [3.05, 3.63) is 29.3 Å². The highest BCUT2D eigenvalue weighted by atomic mass is 16.5. The van der Waals surface area contributed by atoms with Crippen LogP contribution in [0.25, 0.3) is 0 Å². The second kappa shape index (κ2) is 9.70. The van der Waals surface area contributed by atoms with Crippen LogP contribution >= 0.6 is 0 Å². The highest BCUT2D eigenvalue weighted by Crippen LogP contribution is 2.15. The molecule has 0 saturated carbocycles. The third-order valence-corrected chi connectivity index (χ3v) is 4.24. The monoisotopic (exact) mass is 375 g/mol. The summed E-state index contributed by atoms with van der Waals surface area (Å²) in [5.74, 6) is -1.50. The molecule has 146 valence electrons. The molecule has 0 radical (unpaired) electrons. The van der Waals surface area contributed by atoms with E-state index in [4.69, 9.17) is 4.74 Å². The quantitative estimate of drug-likeness (QED) is 0.765. The fraction of sp³-hybridized carbons (Fsp3) is 0.474. The smallest absolute Gasteiger partial charge is 0.326 e. The van der Waals surface area contributed by atoms with Crippen molar-refractivity contribution in [1.29, 1.82) is 0 Å². The lowest BCUT2D eigenvalue weighted by Crippen LogP contribution is -2.39. The maximum Gasteiger partial charge on any atom is 0.326 e. The fourth-order valence-electron chi connectivity index (χ4n) is 2.82. The van der Waals surface area contributed by atoms with Gasteiger partial charge >= 0.3 is 12.0 Å². The number of urea groups is 1. The van der Waals surface area contributed by atoms with Gasteiger partial charge in [-0.3, -0.25) is 19.7 Å². The summed E-state index contributed by atoms with van der Waals surface area (Å²) in [6.45, 7) is 3.53. The Bertz CT molecular complexity index is 732. The van der Waals surface area contributed by atoms with Gasteiger partial charge < -0.3 is 15.0 Å². The zero-order valence-corrected chi connectivity index (χ0v) is 15.7. The molecule has 1 fully saturated rings. The second-order valence-corrected chi connectivity index (χ2v) is 6.61. The first-order chi connectivity index (χ1) is 12.8. The second-order valence-electron chi connectivity index (χ2n) is 6.61. The van der Waals surface area contributed by atoms with Gasteiger partial charge in [0.25, 0.3) is 5.91 Å². The molecule has 4 amide bonds. The molecule has 1 heterocycles. The third-order valence-electron chi connectivity index (χ3n) is 4.24. The molecule has 1 aliphatic rings. The number of anilines is 1. The number of benzene rings is 1. The molecule has 1 aromatic carbocycles. The van der Waals surface area contributed by atoms with E-state index in [0.29, 0.717) is 18.7 Å². The molecular formula is C19H25N3O5. The average molecular weight is 375 g/mol. The van der Waals surface area contributed by atoms with Crippen molar-refractivity contribution in [1.82, 2.24) is 10.2 Å². The van der Waals surface area contributed by atoms with Crippen molar-refractivity contribution in [2.75, 3.05) is 25.0 Å². The minimum atomic E-state index is -0.743. The van der Waals surface area contributed by atoms with E-state index >= 15 is 0 Å². The van der Waals surface area contributed by atoms with Gasteiger partial charge in [0.05, 0.1) is 0 Å². The number of carbonyl (C=O) groups excluding carboxylic acids is 4. The lowest BCUT2D eigenvalue weighted by atomic mass is 10.1. The van der Waals surface area contributed by atoms with Crippen LogP contribution in [0, 0.1) is 13.8 Å². The molecule has 0 unspecified atom stereocenters. The first-order valence-corrected chi connectivity index (χ1v) is 8.96. The molecule has 1 aliphatic heterocycles. The van der Waals surface area contributed by atoms with E-state index in [1.165, 1.54) is 4.90 Å². The molecule has 0 aliphatic carbocycles. The highest BCUT2D eigenvalue weighted by Gasteiger charge is 2.20. The van der Waals surface area contributed by atoms with E-state index in [1.807, 2.05) is 26.0 Å². The Morgan fingerprint density at radius 2 is 1.93 bits per heavy atom. The van der Waals surface area contributed by atoms with E-state index < -0.39 is 24.5 Å². The molecule has 1 saturated heterocycles. The molecule has 2 rings (SSSR count). The molecule has 0 aromatic heterocycles. The number of amides is 4. The number of likely N-dealkylation sites (tertiary alicyclic amines) is 1. The van der Waals surface area contributed by atoms with Gasteiger partial charge in [0.1, 0.15) is 6.54 Å². The van der Waals surface area contributed by atoms with Crippen LogP contribution in [0.15, 0.2) is 18.2 Å². The van der Waals surface area contributed by atoms with Gasteiger partial charge in [-0.25, -0.2) is 4.79 Å². The first-order valence-electron chi connectivity index (χ1n) is 8.96. The lowest BCUT2D eigenvalue weighted by molar-refractivity contribution is -0.152. The summed E-state index contributed by atoms with van der Waals surface area (Å²) in [4.78, 5) is 48.8. The summed E-state index contributed by atoms with van der Waals surface area (Å²) < 4.78 is 4.86. The summed E-state index contributed by atoms with van der Waals surface area (Å²) in [6, 6.07) is 4.79. The molecule has 8 nitrogen and oxygen atoms in total. The van der Waals surface area contributed by atoms with Gasteiger partial charge in [-0.15, -0.1) is 0 Å². The van der Waals surface area contributed by atoms with Gasteiger partial charge in [-0.05, 0) is 38.3 Å². The minimum Gasteiger partial charge on any atom is -0.454 e. The standard InChI is InChI=1S/C19H25N3O5/c1-13-7-8-15(14(2)10-13)20-19(26)21-16(23)12-27-18(25)11-22-9-5-3-4-6-17(22)24/h7-8,10H,3-6,9,11-12H2,1-2H3,(H2,20,21,23,26).